The molecule has 0 atom stereocenters. The van der Waals surface area contributed by atoms with E-state index in [1.54, 1.807) is 11.3 Å². The van der Waals surface area contributed by atoms with Crippen molar-refractivity contribution in [2.75, 3.05) is 6.61 Å². The van der Waals surface area contributed by atoms with Gasteiger partial charge in [0.05, 0.1) is 6.61 Å². The lowest BCUT2D eigenvalue weighted by molar-refractivity contribution is 0.302. The van der Waals surface area contributed by atoms with Crippen LogP contribution in [0.2, 0.25) is 0 Å². The summed E-state index contributed by atoms with van der Waals surface area (Å²) < 4.78 is 6.02. The first-order valence-corrected chi connectivity index (χ1v) is 11.5. The average Bonchev–Trinajstić information content (AvgIpc) is 3.04. The first-order chi connectivity index (χ1) is 11.9. The van der Waals surface area contributed by atoms with E-state index in [9.17, 15) is 0 Å². The van der Waals surface area contributed by atoms with Crippen LogP contribution in [-0.4, -0.2) is 6.61 Å². The SMILES string of the molecule is CCCCCCCCCCCCOc1cscc1CCCCCC. The van der Waals surface area contributed by atoms with Crippen molar-refractivity contribution in [2.24, 2.45) is 0 Å². The Balaban J connectivity index is 1.95. The summed E-state index contributed by atoms with van der Waals surface area (Å²) in [6, 6.07) is 0. The highest BCUT2D eigenvalue weighted by Gasteiger charge is 2.05. The molecule has 0 aliphatic carbocycles. The highest BCUT2D eigenvalue weighted by Crippen LogP contribution is 2.26. The first kappa shape index (κ1) is 21.5. The molecule has 24 heavy (non-hydrogen) atoms. The zero-order valence-electron chi connectivity index (χ0n) is 16.3. The van der Waals surface area contributed by atoms with Gasteiger partial charge >= 0.3 is 0 Å². The smallest absolute Gasteiger partial charge is 0.133 e. The van der Waals surface area contributed by atoms with E-state index in [2.05, 4.69) is 24.6 Å². The average molecular weight is 353 g/mol. The quantitative estimate of drug-likeness (QED) is 0.257. The summed E-state index contributed by atoms with van der Waals surface area (Å²) in [5.41, 5.74) is 1.43. The Kier molecular flexibility index (Phi) is 14.4. The van der Waals surface area contributed by atoms with Crippen LogP contribution in [-0.2, 0) is 6.42 Å². The third-order valence-corrected chi connectivity index (χ3v) is 5.53. The van der Waals surface area contributed by atoms with Crippen molar-refractivity contribution in [1.29, 1.82) is 0 Å². The largest absolute Gasteiger partial charge is 0.492 e. The minimum absolute atomic E-state index is 0.898. The second kappa shape index (κ2) is 16.0. The molecule has 0 saturated carbocycles. The molecule has 0 spiro atoms. The number of ether oxygens (including phenoxy) is 1. The highest BCUT2D eigenvalue weighted by atomic mass is 32.1. The van der Waals surface area contributed by atoms with Gasteiger partial charge in [-0.1, -0.05) is 90.9 Å². The normalized spacial score (nSPS) is 11.1. The molecule has 1 heterocycles. The molecule has 1 aromatic heterocycles. The molecule has 0 N–H and O–H groups in total. The molecule has 1 nitrogen and oxygen atoms in total. The number of unbranched alkanes of at least 4 members (excludes halogenated alkanes) is 12. The summed E-state index contributed by atoms with van der Waals surface area (Å²) >= 11 is 1.79. The fraction of sp³-hybridized carbons (Fsp3) is 0.818. The number of thiophene rings is 1. The van der Waals surface area contributed by atoms with Crippen molar-refractivity contribution in [1.82, 2.24) is 0 Å². The van der Waals surface area contributed by atoms with Gasteiger partial charge in [-0.2, -0.15) is 0 Å². The topological polar surface area (TPSA) is 9.23 Å². The fourth-order valence-corrected chi connectivity index (χ4v) is 3.94. The third-order valence-electron chi connectivity index (χ3n) is 4.76. The van der Waals surface area contributed by atoms with Crippen molar-refractivity contribution in [3.05, 3.63) is 16.3 Å². The van der Waals surface area contributed by atoms with Crippen LogP contribution in [0, 0.1) is 0 Å². The van der Waals surface area contributed by atoms with Gasteiger partial charge in [-0.25, -0.2) is 0 Å². The summed E-state index contributed by atoms with van der Waals surface area (Å²) in [6.07, 6.45) is 20.4. The van der Waals surface area contributed by atoms with Crippen molar-refractivity contribution >= 4 is 11.3 Å². The van der Waals surface area contributed by atoms with Gasteiger partial charge in [0, 0.05) is 10.9 Å². The molecule has 140 valence electrons. The first-order valence-electron chi connectivity index (χ1n) is 10.6. The second-order valence-electron chi connectivity index (χ2n) is 7.10. The number of hydrogen-bond acceptors (Lipinski definition) is 2. The summed E-state index contributed by atoms with van der Waals surface area (Å²) in [7, 11) is 0. The monoisotopic (exact) mass is 352 g/mol. The molecular formula is C22H40OS. The Labute approximate surface area is 155 Å². The predicted octanol–water partition coefficient (Wildman–Crippen LogP) is 8.17. The molecule has 0 aliphatic rings. The minimum atomic E-state index is 0.898. The molecule has 2 heteroatoms. The zero-order chi connectivity index (χ0) is 17.3. The van der Waals surface area contributed by atoms with E-state index < -0.39 is 0 Å². The molecule has 0 aliphatic heterocycles. The molecule has 0 aromatic carbocycles. The maximum Gasteiger partial charge on any atom is 0.133 e. The number of rotatable bonds is 17. The fourth-order valence-electron chi connectivity index (χ4n) is 3.13. The standard InChI is InChI=1S/C22H40OS/c1-3-5-7-9-10-11-12-13-14-16-18-23-22-20-24-19-21(22)17-15-8-6-4-2/h19-20H,3-18H2,1-2H3. The molecule has 0 fully saturated rings. The van der Waals surface area contributed by atoms with Crippen LogP contribution < -0.4 is 4.74 Å². The maximum atomic E-state index is 6.02. The van der Waals surface area contributed by atoms with Crippen molar-refractivity contribution in [2.45, 2.75) is 110 Å². The van der Waals surface area contributed by atoms with Gasteiger partial charge in [-0.15, -0.1) is 11.3 Å². The van der Waals surface area contributed by atoms with Gasteiger partial charge in [0.2, 0.25) is 0 Å². The lowest BCUT2D eigenvalue weighted by Gasteiger charge is -2.07. The Morgan fingerprint density at radius 2 is 1.21 bits per heavy atom. The zero-order valence-corrected chi connectivity index (χ0v) is 17.1. The molecule has 0 radical (unpaired) electrons. The van der Waals surface area contributed by atoms with Crippen LogP contribution in [0.1, 0.15) is 109 Å². The molecule has 0 bridgehead atoms. The van der Waals surface area contributed by atoms with Crippen LogP contribution >= 0.6 is 11.3 Å². The van der Waals surface area contributed by atoms with E-state index in [-0.39, 0.29) is 0 Å². The van der Waals surface area contributed by atoms with Gasteiger partial charge in [-0.3, -0.25) is 0 Å². The summed E-state index contributed by atoms with van der Waals surface area (Å²) in [6.45, 7) is 5.45. The van der Waals surface area contributed by atoms with Crippen molar-refractivity contribution in [3.63, 3.8) is 0 Å². The molecule has 0 saturated heterocycles. The van der Waals surface area contributed by atoms with E-state index in [1.807, 2.05) is 0 Å². The molecule has 0 unspecified atom stereocenters. The van der Waals surface area contributed by atoms with E-state index in [0.717, 1.165) is 12.4 Å². The predicted molar refractivity (Wildman–Crippen MR) is 110 cm³/mol. The Hall–Kier alpha value is -0.500. The molecular weight excluding hydrogens is 312 g/mol. The lowest BCUT2D eigenvalue weighted by Crippen LogP contribution is -1.98. The van der Waals surface area contributed by atoms with Gasteiger partial charge in [0.15, 0.2) is 0 Å². The van der Waals surface area contributed by atoms with E-state index in [4.69, 9.17) is 4.74 Å². The van der Waals surface area contributed by atoms with Crippen LogP contribution in [0.5, 0.6) is 5.75 Å². The molecule has 1 aromatic rings. The summed E-state index contributed by atoms with van der Waals surface area (Å²) in [5.74, 6) is 1.16. The second-order valence-corrected chi connectivity index (χ2v) is 7.85. The lowest BCUT2D eigenvalue weighted by atomic mass is 10.1. The summed E-state index contributed by atoms with van der Waals surface area (Å²) in [5, 5.41) is 4.46. The van der Waals surface area contributed by atoms with Crippen LogP contribution in [0.3, 0.4) is 0 Å². The third kappa shape index (κ3) is 11.1. The Morgan fingerprint density at radius 1 is 0.667 bits per heavy atom. The van der Waals surface area contributed by atoms with Crippen LogP contribution in [0.4, 0.5) is 0 Å². The number of hydrogen-bond donors (Lipinski definition) is 0. The molecule has 0 amide bonds. The van der Waals surface area contributed by atoms with Crippen molar-refractivity contribution in [3.8, 4) is 5.75 Å². The van der Waals surface area contributed by atoms with E-state index in [0.29, 0.717) is 0 Å². The van der Waals surface area contributed by atoms with Crippen LogP contribution in [0.25, 0.3) is 0 Å². The van der Waals surface area contributed by atoms with Crippen molar-refractivity contribution < 1.29 is 4.74 Å². The summed E-state index contributed by atoms with van der Waals surface area (Å²) in [4.78, 5) is 0. The van der Waals surface area contributed by atoms with E-state index >= 15 is 0 Å². The number of aryl methyl sites for hydroxylation is 1. The minimum Gasteiger partial charge on any atom is -0.492 e. The van der Waals surface area contributed by atoms with Crippen LogP contribution in [0.15, 0.2) is 10.8 Å². The van der Waals surface area contributed by atoms with Gasteiger partial charge in [0.1, 0.15) is 5.75 Å². The van der Waals surface area contributed by atoms with Gasteiger partial charge in [-0.05, 0) is 24.6 Å². The van der Waals surface area contributed by atoms with E-state index in [1.165, 1.54) is 102 Å². The van der Waals surface area contributed by atoms with Gasteiger partial charge < -0.3 is 4.74 Å². The Morgan fingerprint density at radius 3 is 1.83 bits per heavy atom. The molecule has 1 rings (SSSR count). The van der Waals surface area contributed by atoms with Gasteiger partial charge in [0.25, 0.3) is 0 Å². The highest BCUT2D eigenvalue weighted by molar-refractivity contribution is 7.08. The Bertz CT molecular complexity index is 372. The maximum absolute atomic E-state index is 6.02.